The van der Waals surface area contributed by atoms with Gasteiger partial charge < -0.3 is 0 Å². The number of hydrogen-bond acceptors (Lipinski definition) is 3. The van der Waals surface area contributed by atoms with Gasteiger partial charge in [-0.25, -0.2) is 5.01 Å². The van der Waals surface area contributed by atoms with Crippen molar-refractivity contribution in [1.29, 1.82) is 0 Å². The van der Waals surface area contributed by atoms with E-state index in [2.05, 4.69) is 5.01 Å². The van der Waals surface area contributed by atoms with E-state index >= 15 is 0 Å². The van der Waals surface area contributed by atoms with Crippen LogP contribution in [0.2, 0.25) is 0 Å². The first-order valence-electron chi connectivity index (χ1n) is 6.09. The fourth-order valence-electron chi connectivity index (χ4n) is 2.98. The zero-order chi connectivity index (χ0) is 11.8. The molecule has 0 N–H and O–H groups in total. The Bertz CT molecular complexity index is 308. The molecule has 2 aliphatic rings. The van der Waals surface area contributed by atoms with E-state index in [4.69, 9.17) is 0 Å². The monoisotopic (exact) mass is 224 g/mol. The third-order valence-corrected chi connectivity index (χ3v) is 4.03. The molecule has 1 saturated heterocycles. The lowest BCUT2D eigenvalue weighted by atomic mass is 9.94. The number of Topliss-reactive ketones (excluding diaryl/α,β-unsaturated/α-hetero) is 1. The van der Waals surface area contributed by atoms with Crippen molar-refractivity contribution >= 4 is 11.7 Å². The summed E-state index contributed by atoms with van der Waals surface area (Å²) in [5.41, 5.74) is 0.0773. The minimum Gasteiger partial charge on any atom is -0.300 e. The molecule has 0 aromatic carbocycles. The minimum atomic E-state index is 0.0773. The molecule has 1 saturated carbocycles. The Balaban J connectivity index is 2.04. The van der Waals surface area contributed by atoms with Gasteiger partial charge in [-0.3, -0.25) is 14.6 Å². The third-order valence-electron chi connectivity index (χ3n) is 4.03. The summed E-state index contributed by atoms with van der Waals surface area (Å²) in [6.07, 6.45) is 5.78. The Morgan fingerprint density at radius 3 is 2.56 bits per heavy atom. The summed E-state index contributed by atoms with van der Waals surface area (Å²) in [5, 5.41) is 3.87. The topological polar surface area (TPSA) is 40.6 Å². The highest BCUT2D eigenvalue weighted by Crippen LogP contribution is 2.42. The van der Waals surface area contributed by atoms with Crippen LogP contribution in [0.15, 0.2) is 0 Å². The van der Waals surface area contributed by atoms with Crippen LogP contribution in [0, 0.1) is 0 Å². The molecule has 0 unspecified atom stereocenters. The maximum absolute atomic E-state index is 11.9. The average Bonchev–Trinajstić information content (AvgIpc) is 2.74. The number of carbonyl (C=O) groups is 2. The van der Waals surface area contributed by atoms with E-state index in [1.54, 1.807) is 11.9 Å². The van der Waals surface area contributed by atoms with Crippen molar-refractivity contribution in [1.82, 2.24) is 10.0 Å². The van der Waals surface area contributed by atoms with Gasteiger partial charge in [0.2, 0.25) is 5.91 Å². The molecule has 0 aromatic rings. The van der Waals surface area contributed by atoms with Gasteiger partial charge in [0, 0.05) is 32.0 Å². The Morgan fingerprint density at radius 2 is 2.00 bits per heavy atom. The van der Waals surface area contributed by atoms with E-state index in [0.29, 0.717) is 19.4 Å². The van der Waals surface area contributed by atoms with Gasteiger partial charge in [-0.2, -0.15) is 0 Å². The Labute approximate surface area is 96.6 Å². The molecule has 2 fully saturated rings. The van der Waals surface area contributed by atoms with E-state index < -0.39 is 0 Å². The molecule has 0 aromatic heterocycles. The molecule has 1 amide bonds. The number of carbonyl (C=O) groups excluding carboxylic acids is 2. The van der Waals surface area contributed by atoms with E-state index in [-0.39, 0.29) is 17.2 Å². The van der Waals surface area contributed by atoms with Gasteiger partial charge in [0.1, 0.15) is 5.78 Å². The molecular formula is C12H20N2O2. The number of ketones is 1. The molecule has 1 heterocycles. The largest absolute Gasteiger partial charge is 0.300 e. The summed E-state index contributed by atoms with van der Waals surface area (Å²) in [6, 6.07) is 0. The van der Waals surface area contributed by atoms with Gasteiger partial charge in [0.15, 0.2) is 0 Å². The van der Waals surface area contributed by atoms with Crippen molar-refractivity contribution in [3.05, 3.63) is 0 Å². The summed E-state index contributed by atoms with van der Waals surface area (Å²) in [5.74, 6) is 0.333. The van der Waals surface area contributed by atoms with Gasteiger partial charge in [-0.15, -0.1) is 0 Å². The molecule has 1 aliphatic heterocycles. The highest BCUT2D eigenvalue weighted by atomic mass is 16.2. The van der Waals surface area contributed by atoms with Crippen LogP contribution in [0.25, 0.3) is 0 Å². The second-order valence-corrected chi connectivity index (χ2v) is 5.10. The molecule has 0 radical (unpaired) electrons. The van der Waals surface area contributed by atoms with Gasteiger partial charge in [-0.05, 0) is 19.8 Å². The molecule has 1 spiro atoms. The average molecular weight is 224 g/mol. The van der Waals surface area contributed by atoms with E-state index in [0.717, 1.165) is 12.8 Å². The summed E-state index contributed by atoms with van der Waals surface area (Å²) in [6.45, 7) is 2.12. The lowest BCUT2D eigenvalue weighted by Crippen LogP contribution is -2.46. The molecule has 1 aliphatic carbocycles. The number of hydrogen-bond donors (Lipinski definition) is 0. The molecule has 16 heavy (non-hydrogen) atoms. The highest BCUT2D eigenvalue weighted by Gasteiger charge is 2.49. The van der Waals surface area contributed by atoms with Crippen LogP contribution in [0.4, 0.5) is 0 Å². The second kappa shape index (κ2) is 4.17. The Hall–Kier alpha value is -0.900. The molecule has 0 bridgehead atoms. The lowest BCUT2D eigenvalue weighted by molar-refractivity contribution is -0.139. The van der Waals surface area contributed by atoms with Crippen molar-refractivity contribution in [2.45, 2.75) is 51.0 Å². The Morgan fingerprint density at radius 1 is 1.38 bits per heavy atom. The van der Waals surface area contributed by atoms with Gasteiger partial charge in [0.05, 0.1) is 0 Å². The number of amides is 1. The van der Waals surface area contributed by atoms with Crippen LogP contribution in [0.5, 0.6) is 0 Å². The standard InChI is InChI=1S/C12H20N2O2/c1-10(15)5-8-14-11(16)9-12(13(14)2)6-3-4-7-12/h3-9H2,1-2H3. The van der Waals surface area contributed by atoms with Crippen molar-refractivity contribution in [3.63, 3.8) is 0 Å². The SMILES string of the molecule is CC(=O)CCN1C(=O)CC2(CCCC2)N1C. The van der Waals surface area contributed by atoms with E-state index in [1.165, 1.54) is 12.8 Å². The predicted octanol–water partition coefficient (Wildman–Crippen LogP) is 1.36. The molecular weight excluding hydrogens is 204 g/mol. The van der Waals surface area contributed by atoms with Crippen LogP contribution >= 0.6 is 0 Å². The second-order valence-electron chi connectivity index (χ2n) is 5.10. The van der Waals surface area contributed by atoms with Crippen LogP contribution in [-0.2, 0) is 9.59 Å². The van der Waals surface area contributed by atoms with Crippen LogP contribution in [0.3, 0.4) is 0 Å². The van der Waals surface area contributed by atoms with E-state index in [9.17, 15) is 9.59 Å². The quantitative estimate of drug-likeness (QED) is 0.726. The number of hydrazine groups is 1. The summed E-state index contributed by atoms with van der Waals surface area (Å²) in [7, 11) is 2.00. The van der Waals surface area contributed by atoms with Crippen LogP contribution in [0.1, 0.15) is 45.4 Å². The molecule has 0 atom stereocenters. The van der Waals surface area contributed by atoms with E-state index in [1.807, 2.05) is 7.05 Å². The van der Waals surface area contributed by atoms with Crippen LogP contribution < -0.4 is 0 Å². The zero-order valence-electron chi connectivity index (χ0n) is 10.2. The molecule has 4 nitrogen and oxygen atoms in total. The fraction of sp³-hybridized carbons (Fsp3) is 0.833. The van der Waals surface area contributed by atoms with Crippen molar-refractivity contribution in [2.24, 2.45) is 0 Å². The van der Waals surface area contributed by atoms with Gasteiger partial charge >= 0.3 is 0 Å². The molecule has 4 heteroatoms. The van der Waals surface area contributed by atoms with Crippen LogP contribution in [-0.4, -0.2) is 40.8 Å². The van der Waals surface area contributed by atoms with Crippen molar-refractivity contribution < 1.29 is 9.59 Å². The molecule has 2 rings (SSSR count). The summed E-state index contributed by atoms with van der Waals surface area (Å²) >= 11 is 0. The first kappa shape index (κ1) is 11.6. The Kier molecular flexibility index (Phi) is 3.02. The fourth-order valence-corrected chi connectivity index (χ4v) is 2.98. The summed E-state index contributed by atoms with van der Waals surface area (Å²) in [4.78, 5) is 22.9. The minimum absolute atomic E-state index is 0.0773. The first-order chi connectivity index (χ1) is 7.55. The highest BCUT2D eigenvalue weighted by molar-refractivity contribution is 5.81. The normalized spacial score (nSPS) is 24.6. The maximum atomic E-state index is 11.9. The van der Waals surface area contributed by atoms with Crippen molar-refractivity contribution in [2.75, 3.05) is 13.6 Å². The van der Waals surface area contributed by atoms with Gasteiger partial charge in [-0.1, -0.05) is 12.8 Å². The first-order valence-corrected chi connectivity index (χ1v) is 6.09. The van der Waals surface area contributed by atoms with Gasteiger partial charge in [0.25, 0.3) is 0 Å². The summed E-state index contributed by atoms with van der Waals surface area (Å²) < 4.78 is 0. The maximum Gasteiger partial charge on any atom is 0.238 e. The predicted molar refractivity (Wildman–Crippen MR) is 60.6 cm³/mol. The number of nitrogens with zero attached hydrogens (tertiary/aromatic N) is 2. The third kappa shape index (κ3) is 1.86. The number of rotatable bonds is 3. The lowest BCUT2D eigenvalue weighted by Gasteiger charge is -2.35. The zero-order valence-corrected chi connectivity index (χ0v) is 10.2. The smallest absolute Gasteiger partial charge is 0.238 e. The van der Waals surface area contributed by atoms with Crippen molar-refractivity contribution in [3.8, 4) is 0 Å². The molecule has 90 valence electrons.